The minimum absolute atomic E-state index is 0.152. The summed E-state index contributed by atoms with van der Waals surface area (Å²) in [6, 6.07) is 4.07. The summed E-state index contributed by atoms with van der Waals surface area (Å²) in [6.07, 6.45) is 8.51. The molecule has 2 heterocycles. The van der Waals surface area contributed by atoms with Crippen molar-refractivity contribution in [2.45, 2.75) is 25.8 Å². The van der Waals surface area contributed by atoms with Gasteiger partial charge >= 0.3 is 6.01 Å². The number of nitrogens with two attached hydrogens (primary N) is 1. The highest BCUT2D eigenvalue weighted by atomic mass is 16.5. The Morgan fingerprint density at radius 1 is 1.28 bits per heavy atom. The molecule has 94 valence electrons. The minimum Gasteiger partial charge on any atom is -0.423 e. The summed E-state index contributed by atoms with van der Waals surface area (Å²) in [5, 5.41) is 0. The maximum atomic E-state index is 5.87. The molecule has 2 N–H and O–H groups in total. The normalized spacial score (nSPS) is 12.1. The van der Waals surface area contributed by atoms with Gasteiger partial charge in [-0.2, -0.15) is 0 Å². The lowest BCUT2D eigenvalue weighted by atomic mass is 10.1. The molecule has 0 amide bonds. The van der Waals surface area contributed by atoms with Gasteiger partial charge in [-0.3, -0.25) is 4.98 Å². The first kappa shape index (κ1) is 12.4. The molecule has 0 saturated heterocycles. The number of ether oxygens (including phenoxy) is 1. The average molecular weight is 244 g/mol. The summed E-state index contributed by atoms with van der Waals surface area (Å²) in [7, 11) is 0. The summed E-state index contributed by atoms with van der Waals surface area (Å²) < 4.78 is 5.45. The van der Waals surface area contributed by atoms with Crippen LogP contribution >= 0.6 is 0 Å². The van der Waals surface area contributed by atoms with E-state index in [1.807, 2.05) is 0 Å². The van der Waals surface area contributed by atoms with Crippen LogP contribution in [0.4, 0.5) is 0 Å². The first-order chi connectivity index (χ1) is 8.78. The Labute approximate surface area is 106 Å². The van der Waals surface area contributed by atoms with Crippen molar-refractivity contribution in [2.24, 2.45) is 5.73 Å². The number of aromatic nitrogens is 3. The van der Waals surface area contributed by atoms with Gasteiger partial charge in [-0.15, -0.1) is 0 Å². The first-order valence-corrected chi connectivity index (χ1v) is 5.92. The SMILES string of the molecule is CCC(N)Cc1cnc(Oc2cccnc2)nc1. The van der Waals surface area contributed by atoms with Crippen molar-refractivity contribution in [1.82, 2.24) is 15.0 Å². The van der Waals surface area contributed by atoms with Crippen LogP contribution in [0.1, 0.15) is 18.9 Å². The summed E-state index contributed by atoms with van der Waals surface area (Å²) in [5.74, 6) is 0.621. The van der Waals surface area contributed by atoms with Crippen LogP contribution in [0, 0.1) is 0 Å². The highest BCUT2D eigenvalue weighted by Gasteiger charge is 2.04. The van der Waals surface area contributed by atoms with Gasteiger partial charge in [0, 0.05) is 24.6 Å². The van der Waals surface area contributed by atoms with Gasteiger partial charge in [-0.25, -0.2) is 9.97 Å². The Morgan fingerprint density at radius 3 is 2.67 bits per heavy atom. The molecule has 0 aliphatic rings. The fourth-order valence-electron chi connectivity index (χ4n) is 1.46. The van der Waals surface area contributed by atoms with Crippen LogP contribution in [0.5, 0.6) is 11.8 Å². The second-order valence-electron chi connectivity index (χ2n) is 4.04. The fraction of sp³-hybridized carbons (Fsp3) is 0.308. The predicted octanol–water partition coefficient (Wildman–Crippen LogP) is 1.94. The molecule has 0 fully saturated rings. The molecule has 2 rings (SSSR count). The van der Waals surface area contributed by atoms with E-state index in [0.717, 1.165) is 18.4 Å². The van der Waals surface area contributed by atoms with Gasteiger partial charge < -0.3 is 10.5 Å². The van der Waals surface area contributed by atoms with Gasteiger partial charge in [0.15, 0.2) is 0 Å². The zero-order valence-electron chi connectivity index (χ0n) is 10.3. The van der Waals surface area contributed by atoms with E-state index in [2.05, 4.69) is 21.9 Å². The van der Waals surface area contributed by atoms with E-state index >= 15 is 0 Å². The first-order valence-electron chi connectivity index (χ1n) is 5.92. The maximum absolute atomic E-state index is 5.87. The molecule has 0 aromatic carbocycles. The fourth-order valence-corrected chi connectivity index (χ4v) is 1.46. The molecule has 0 spiro atoms. The quantitative estimate of drug-likeness (QED) is 0.870. The molecule has 1 unspecified atom stereocenters. The molecule has 0 bridgehead atoms. The molecule has 18 heavy (non-hydrogen) atoms. The monoisotopic (exact) mass is 244 g/mol. The van der Waals surface area contributed by atoms with Crippen LogP contribution in [0.2, 0.25) is 0 Å². The number of hydrogen-bond donors (Lipinski definition) is 1. The van der Waals surface area contributed by atoms with E-state index < -0.39 is 0 Å². The minimum atomic E-state index is 0.152. The van der Waals surface area contributed by atoms with E-state index in [0.29, 0.717) is 11.8 Å². The van der Waals surface area contributed by atoms with Crippen molar-refractivity contribution in [3.05, 3.63) is 42.5 Å². The predicted molar refractivity (Wildman–Crippen MR) is 68.3 cm³/mol. The number of nitrogens with zero attached hydrogens (tertiary/aromatic N) is 3. The van der Waals surface area contributed by atoms with Crippen molar-refractivity contribution in [1.29, 1.82) is 0 Å². The zero-order chi connectivity index (χ0) is 12.8. The molecule has 5 nitrogen and oxygen atoms in total. The second-order valence-corrected chi connectivity index (χ2v) is 4.04. The van der Waals surface area contributed by atoms with Crippen molar-refractivity contribution < 1.29 is 4.74 Å². The van der Waals surface area contributed by atoms with E-state index in [1.54, 1.807) is 36.9 Å². The molecule has 1 atom stereocenters. The van der Waals surface area contributed by atoms with Gasteiger partial charge in [0.25, 0.3) is 0 Å². The number of pyridine rings is 1. The van der Waals surface area contributed by atoms with E-state index in [4.69, 9.17) is 10.5 Å². The van der Waals surface area contributed by atoms with Crippen LogP contribution in [0.15, 0.2) is 36.9 Å². The lowest BCUT2D eigenvalue weighted by Crippen LogP contribution is -2.21. The highest BCUT2D eigenvalue weighted by molar-refractivity contribution is 5.20. The van der Waals surface area contributed by atoms with E-state index in [1.165, 1.54) is 0 Å². The van der Waals surface area contributed by atoms with E-state index in [-0.39, 0.29) is 6.04 Å². The van der Waals surface area contributed by atoms with Crippen LogP contribution in [-0.4, -0.2) is 21.0 Å². The third kappa shape index (κ3) is 3.49. The van der Waals surface area contributed by atoms with Crippen molar-refractivity contribution in [2.75, 3.05) is 0 Å². The molecule has 2 aromatic rings. The third-order valence-electron chi connectivity index (χ3n) is 2.55. The molecule has 5 heteroatoms. The largest absolute Gasteiger partial charge is 0.423 e. The van der Waals surface area contributed by atoms with Crippen molar-refractivity contribution >= 4 is 0 Å². The lowest BCUT2D eigenvalue weighted by molar-refractivity contribution is 0.438. The molecular formula is C13H16N4O. The maximum Gasteiger partial charge on any atom is 0.321 e. The second kappa shape index (κ2) is 6.07. The van der Waals surface area contributed by atoms with Crippen LogP contribution < -0.4 is 10.5 Å². The van der Waals surface area contributed by atoms with Gasteiger partial charge in [0.05, 0.1) is 6.20 Å². The van der Waals surface area contributed by atoms with Crippen LogP contribution in [-0.2, 0) is 6.42 Å². The molecule has 0 saturated carbocycles. The summed E-state index contributed by atoms with van der Waals surface area (Å²) in [6.45, 7) is 2.06. The topological polar surface area (TPSA) is 73.9 Å². The van der Waals surface area contributed by atoms with Gasteiger partial charge in [0.1, 0.15) is 5.75 Å². The molecule has 0 radical (unpaired) electrons. The Bertz CT molecular complexity index is 472. The van der Waals surface area contributed by atoms with Crippen molar-refractivity contribution in [3.8, 4) is 11.8 Å². The average Bonchev–Trinajstić information content (AvgIpc) is 2.42. The third-order valence-corrected chi connectivity index (χ3v) is 2.55. The van der Waals surface area contributed by atoms with Gasteiger partial charge in [-0.05, 0) is 30.5 Å². The highest BCUT2D eigenvalue weighted by Crippen LogP contribution is 2.15. The smallest absolute Gasteiger partial charge is 0.321 e. The number of rotatable bonds is 5. The molecule has 0 aliphatic carbocycles. The molecule has 0 aliphatic heterocycles. The van der Waals surface area contributed by atoms with Crippen LogP contribution in [0.3, 0.4) is 0 Å². The standard InChI is InChI=1S/C13H16N4O/c1-2-11(14)6-10-7-16-13(17-8-10)18-12-4-3-5-15-9-12/h3-5,7-9,11H,2,6,14H2,1H3. The molecule has 2 aromatic heterocycles. The zero-order valence-corrected chi connectivity index (χ0v) is 10.3. The Balaban J connectivity index is 2.00. The van der Waals surface area contributed by atoms with Gasteiger partial charge in [-0.1, -0.05) is 6.92 Å². The summed E-state index contributed by atoms with van der Waals surface area (Å²) in [4.78, 5) is 12.2. The Morgan fingerprint density at radius 2 is 2.06 bits per heavy atom. The summed E-state index contributed by atoms with van der Waals surface area (Å²) in [5.41, 5.74) is 6.89. The lowest BCUT2D eigenvalue weighted by Gasteiger charge is -2.08. The van der Waals surface area contributed by atoms with E-state index in [9.17, 15) is 0 Å². The Hall–Kier alpha value is -2.01. The van der Waals surface area contributed by atoms with Crippen LogP contribution in [0.25, 0.3) is 0 Å². The number of hydrogen-bond acceptors (Lipinski definition) is 5. The Kier molecular flexibility index (Phi) is 4.20. The summed E-state index contributed by atoms with van der Waals surface area (Å²) >= 11 is 0. The van der Waals surface area contributed by atoms with Gasteiger partial charge in [0.2, 0.25) is 0 Å². The van der Waals surface area contributed by atoms with Crippen molar-refractivity contribution in [3.63, 3.8) is 0 Å². The molecular weight excluding hydrogens is 228 g/mol.